The van der Waals surface area contributed by atoms with Crippen molar-refractivity contribution in [2.75, 3.05) is 13.1 Å². The van der Waals surface area contributed by atoms with Crippen LogP contribution in [0.15, 0.2) is 22.7 Å². The van der Waals surface area contributed by atoms with E-state index in [0.717, 1.165) is 30.4 Å². The first-order valence-corrected chi connectivity index (χ1v) is 7.83. The van der Waals surface area contributed by atoms with E-state index in [1.165, 1.54) is 0 Å². The van der Waals surface area contributed by atoms with E-state index in [2.05, 4.69) is 26.6 Å². The number of carbonyl (C=O) groups excluding carboxylic acids is 1. The van der Waals surface area contributed by atoms with Crippen LogP contribution in [0, 0.1) is 0 Å². The van der Waals surface area contributed by atoms with Gasteiger partial charge >= 0.3 is 0 Å². The Kier molecular flexibility index (Phi) is 5.43. The summed E-state index contributed by atoms with van der Waals surface area (Å²) in [5.41, 5.74) is 0.598. The minimum atomic E-state index is -0.0555. The van der Waals surface area contributed by atoms with E-state index in [1.54, 1.807) is 6.07 Å². The molecule has 1 heterocycles. The van der Waals surface area contributed by atoms with Crippen molar-refractivity contribution < 1.29 is 9.53 Å². The minimum absolute atomic E-state index is 0.0368. The Balaban J connectivity index is 2.11. The zero-order valence-corrected chi connectivity index (χ0v) is 13.5. The smallest absolute Gasteiger partial charge is 0.255 e. The number of benzene rings is 1. The lowest BCUT2D eigenvalue weighted by Gasteiger charge is -2.24. The van der Waals surface area contributed by atoms with Gasteiger partial charge in [-0.05, 0) is 58.0 Å². The number of rotatable bonds is 4. The van der Waals surface area contributed by atoms with Crippen molar-refractivity contribution in [1.29, 1.82) is 0 Å². The number of amides is 1. The number of hydrogen-bond donors (Lipinski definition) is 2. The fraction of sp³-hybridized carbons (Fsp3) is 0.533. The van der Waals surface area contributed by atoms with Crippen LogP contribution in [0.25, 0.3) is 0 Å². The van der Waals surface area contributed by atoms with Gasteiger partial charge in [-0.3, -0.25) is 4.79 Å². The molecule has 0 radical (unpaired) electrons. The maximum Gasteiger partial charge on any atom is 0.255 e. The van der Waals surface area contributed by atoms with Gasteiger partial charge in [0.05, 0.1) is 11.7 Å². The van der Waals surface area contributed by atoms with Crippen molar-refractivity contribution in [2.24, 2.45) is 0 Å². The maximum atomic E-state index is 12.4. The quantitative estimate of drug-likeness (QED) is 0.885. The number of nitrogens with one attached hydrogen (secondary N) is 2. The van der Waals surface area contributed by atoms with Gasteiger partial charge in [0.2, 0.25) is 0 Å². The summed E-state index contributed by atoms with van der Waals surface area (Å²) in [6, 6.07) is 5.76. The maximum absolute atomic E-state index is 12.4. The van der Waals surface area contributed by atoms with Gasteiger partial charge in [0, 0.05) is 10.5 Å². The largest absolute Gasteiger partial charge is 0.490 e. The highest BCUT2D eigenvalue weighted by Crippen LogP contribution is 2.25. The molecule has 1 amide bonds. The molecule has 0 unspecified atom stereocenters. The predicted molar refractivity (Wildman–Crippen MR) is 83.3 cm³/mol. The standard InChI is InChI=1S/C15H21BrN2O2/c1-10(2)20-14-9-11(16)3-4-13(14)15(19)18-12-5-7-17-8-6-12/h3-4,9-10,12,17H,5-8H2,1-2H3,(H,18,19). The van der Waals surface area contributed by atoms with Crippen molar-refractivity contribution >= 4 is 21.8 Å². The Bertz CT molecular complexity index is 471. The van der Waals surface area contributed by atoms with E-state index >= 15 is 0 Å². The third kappa shape index (κ3) is 4.21. The van der Waals surface area contributed by atoms with Crippen LogP contribution in [0.1, 0.15) is 37.0 Å². The molecule has 1 fully saturated rings. The Hall–Kier alpha value is -1.07. The first-order valence-electron chi connectivity index (χ1n) is 7.04. The first-order chi connectivity index (χ1) is 9.56. The number of carbonyl (C=O) groups is 1. The van der Waals surface area contributed by atoms with Crippen LogP contribution in [0.5, 0.6) is 5.75 Å². The van der Waals surface area contributed by atoms with E-state index < -0.39 is 0 Å². The van der Waals surface area contributed by atoms with Crippen molar-refractivity contribution in [3.05, 3.63) is 28.2 Å². The fourth-order valence-electron chi connectivity index (χ4n) is 2.26. The molecule has 1 saturated heterocycles. The zero-order valence-electron chi connectivity index (χ0n) is 11.9. The van der Waals surface area contributed by atoms with Crippen LogP contribution >= 0.6 is 15.9 Å². The van der Waals surface area contributed by atoms with Crippen LogP contribution in [0.2, 0.25) is 0 Å². The summed E-state index contributed by atoms with van der Waals surface area (Å²) < 4.78 is 6.64. The molecular formula is C15H21BrN2O2. The average molecular weight is 341 g/mol. The highest BCUT2D eigenvalue weighted by atomic mass is 79.9. The lowest BCUT2D eigenvalue weighted by Crippen LogP contribution is -2.42. The summed E-state index contributed by atoms with van der Waals surface area (Å²) in [7, 11) is 0. The Morgan fingerprint density at radius 1 is 1.40 bits per heavy atom. The van der Waals surface area contributed by atoms with Gasteiger partial charge in [0.25, 0.3) is 5.91 Å². The fourth-order valence-corrected chi connectivity index (χ4v) is 2.60. The number of hydrogen-bond acceptors (Lipinski definition) is 3. The Morgan fingerprint density at radius 2 is 2.10 bits per heavy atom. The van der Waals surface area contributed by atoms with Gasteiger partial charge in [-0.25, -0.2) is 0 Å². The second-order valence-electron chi connectivity index (χ2n) is 5.30. The van der Waals surface area contributed by atoms with Gasteiger partial charge < -0.3 is 15.4 Å². The summed E-state index contributed by atoms with van der Waals surface area (Å²) in [6.45, 7) is 5.83. The summed E-state index contributed by atoms with van der Waals surface area (Å²) in [6.07, 6.45) is 1.99. The third-order valence-electron chi connectivity index (χ3n) is 3.23. The lowest BCUT2D eigenvalue weighted by atomic mass is 10.1. The van der Waals surface area contributed by atoms with E-state index in [-0.39, 0.29) is 18.1 Å². The van der Waals surface area contributed by atoms with E-state index in [1.807, 2.05) is 26.0 Å². The van der Waals surface area contributed by atoms with Crippen LogP contribution in [0.3, 0.4) is 0 Å². The lowest BCUT2D eigenvalue weighted by molar-refractivity contribution is 0.0923. The molecule has 1 aromatic rings. The average Bonchev–Trinajstić information content (AvgIpc) is 2.39. The monoisotopic (exact) mass is 340 g/mol. The van der Waals surface area contributed by atoms with Crippen molar-refractivity contribution in [1.82, 2.24) is 10.6 Å². The number of ether oxygens (including phenoxy) is 1. The summed E-state index contributed by atoms with van der Waals surface area (Å²) >= 11 is 3.41. The summed E-state index contributed by atoms with van der Waals surface area (Å²) in [5, 5.41) is 6.38. The molecule has 0 spiro atoms. The molecular weight excluding hydrogens is 320 g/mol. The molecule has 0 aromatic heterocycles. The molecule has 1 aliphatic heterocycles. The molecule has 1 aromatic carbocycles. The molecule has 110 valence electrons. The van der Waals surface area contributed by atoms with Gasteiger partial charge in [-0.2, -0.15) is 0 Å². The van der Waals surface area contributed by atoms with Gasteiger partial charge in [-0.1, -0.05) is 15.9 Å². The first kappa shape index (κ1) is 15.3. The highest BCUT2D eigenvalue weighted by Gasteiger charge is 2.19. The topological polar surface area (TPSA) is 50.4 Å². The third-order valence-corrected chi connectivity index (χ3v) is 3.72. The number of halogens is 1. The molecule has 5 heteroatoms. The second-order valence-corrected chi connectivity index (χ2v) is 6.22. The molecule has 2 rings (SSSR count). The van der Waals surface area contributed by atoms with E-state index in [9.17, 15) is 4.79 Å². The summed E-state index contributed by atoms with van der Waals surface area (Å²) in [5.74, 6) is 0.570. The Labute approximate surface area is 128 Å². The van der Waals surface area contributed by atoms with E-state index in [4.69, 9.17) is 4.74 Å². The van der Waals surface area contributed by atoms with Crippen molar-refractivity contribution in [2.45, 2.75) is 38.8 Å². The SMILES string of the molecule is CC(C)Oc1cc(Br)ccc1C(=O)NC1CCNCC1. The molecule has 1 aliphatic rings. The van der Waals surface area contributed by atoms with Gasteiger partial charge in [0.1, 0.15) is 5.75 Å². The Morgan fingerprint density at radius 3 is 2.75 bits per heavy atom. The molecule has 20 heavy (non-hydrogen) atoms. The molecule has 0 saturated carbocycles. The zero-order chi connectivity index (χ0) is 14.5. The number of piperidine rings is 1. The molecule has 2 N–H and O–H groups in total. The summed E-state index contributed by atoms with van der Waals surface area (Å²) in [4.78, 5) is 12.4. The van der Waals surface area contributed by atoms with Gasteiger partial charge in [-0.15, -0.1) is 0 Å². The van der Waals surface area contributed by atoms with Crippen molar-refractivity contribution in [3.8, 4) is 5.75 Å². The molecule has 0 bridgehead atoms. The van der Waals surface area contributed by atoms with Gasteiger partial charge in [0.15, 0.2) is 0 Å². The second kappa shape index (κ2) is 7.09. The van der Waals surface area contributed by atoms with Crippen LogP contribution in [-0.2, 0) is 0 Å². The highest BCUT2D eigenvalue weighted by molar-refractivity contribution is 9.10. The van der Waals surface area contributed by atoms with E-state index in [0.29, 0.717) is 11.3 Å². The minimum Gasteiger partial charge on any atom is -0.490 e. The normalized spacial score (nSPS) is 16.2. The predicted octanol–water partition coefficient (Wildman–Crippen LogP) is 2.72. The molecule has 0 aliphatic carbocycles. The van der Waals surface area contributed by atoms with Crippen LogP contribution in [-0.4, -0.2) is 31.1 Å². The van der Waals surface area contributed by atoms with Crippen LogP contribution < -0.4 is 15.4 Å². The molecule has 4 nitrogen and oxygen atoms in total. The molecule has 0 atom stereocenters. The van der Waals surface area contributed by atoms with Crippen LogP contribution in [0.4, 0.5) is 0 Å². The van der Waals surface area contributed by atoms with Crippen molar-refractivity contribution in [3.63, 3.8) is 0 Å².